The minimum absolute atomic E-state index is 0.00364. The summed E-state index contributed by atoms with van der Waals surface area (Å²) in [5.41, 5.74) is -0.00364. The summed E-state index contributed by atoms with van der Waals surface area (Å²) in [5, 5.41) is 8.75. The Bertz CT molecular complexity index is 581. The number of carbonyl (C=O) groups excluding carboxylic acids is 1. The van der Waals surface area contributed by atoms with Gasteiger partial charge in [-0.05, 0) is 18.1 Å². The number of nitrogens with zero attached hydrogens (tertiary/aromatic N) is 1. The first-order chi connectivity index (χ1) is 9.84. The Labute approximate surface area is 131 Å². The standard InChI is InChI=1S/C14H15ClFNO3S/c1-7(2)13-17(10(6-21-13)14(19)20)12(18)8-4-3-5-9(16)11(8)15/h3-5,7,10,13H,6H2,1-2H3,(H,19,20). The van der Waals surface area contributed by atoms with Crippen LogP contribution in [0, 0.1) is 11.7 Å². The van der Waals surface area contributed by atoms with E-state index in [2.05, 4.69) is 0 Å². The monoisotopic (exact) mass is 331 g/mol. The van der Waals surface area contributed by atoms with Crippen molar-refractivity contribution in [1.82, 2.24) is 4.90 Å². The van der Waals surface area contributed by atoms with Gasteiger partial charge in [-0.15, -0.1) is 11.8 Å². The molecule has 7 heteroatoms. The lowest BCUT2D eigenvalue weighted by Gasteiger charge is -2.30. The van der Waals surface area contributed by atoms with Crippen molar-refractivity contribution < 1.29 is 19.1 Å². The quantitative estimate of drug-likeness (QED) is 0.924. The summed E-state index contributed by atoms with van der Waals surface area (Å²) in [7, 11) is 0. The number of halogens is 2. The molecule has 1 saturated heterocycles. The van der Waals surface area contributed by atoms with Crippen LogP contribution in [0.15, 0.2) is 18.2 Å². The van der Waals surface area contributed by atoms with Gasteiger partial charge in [-0.3, -0.25) is 4.79 Å². The van der Waals surface area contributed by atoms with E-state index in [1.165, 1.54) is 28.8 Å². The second kappa shape index (κ2) is 6.23. The molecule has 1 heterocycles. The van der Waals surface area contributed by atoms with Gasteiger partial charge in [0, 0.05) is 5.75 Å². The van der Waals surface area contributed by atoms with E-state index < -0.39 is 23.7 Å². The molecule has 1 amide bonds. The topological polar surface area (TPSA) is 57.6 Å². The van der Waals surface area contributed by atoms with Gasteiger partial charge in [-0.25, -0.2) is 9.18 Å². The van der Waals surface area contributed by atoms with Crippen LogP contribution >= 0.6 is 23.4 Å². The maximum Gasteiger partial charge on any atom is 0.327 e. The van der Waals surface area contributed by atoms with Crippen molar-refractivity contribution in [3.05, 3.63) is 34.6 Å². The lowest BCUT2D eigenvalue weighted by molar-refractivity contribution is -0.141. The van der Waals surface area contributed by atoms with Gasteiger partial charge < -0.3 is 10.0 Å². The molecule has 2 rings (SSSR count). The van der Waals surface area contributed by atoms with Crippen LogP contribution in [0.25, 0.3) is 0 Å². The van der Waals surface area contributed by atoms with Crippen molar-refractivity contribution in [2.24, 2.45) is 5.92 Å². The van der Waals surface area contributed by atoms with Gasteiger partial charge in [-0.1, -0.05) is 31.5 Å². The second-order valence-corrected chi connectivity index (χ2v) is 6.66. The largest absolute Gasteiger partial charge is 0.480 e. The minimum Gasteiger partial charge on any atom is -0.480 e. The minimum atomic E-state index is -1.06. The van der Waals surface area contributed by atoms with E-state index >= 15 is 0 Å². The molecule has 4 nitrogen and oxygen atoms in total. The van der Waals surface area contributed by atoms with Gasteiger partial charge in [0.25, 0.3) is 5.91 Å². The highest BCUT2D eigenvalue weighted by atomic mass is 35.5. The number of rotatable bonds is 3. The van der Waals surface area contributed by atoms with E-state index in [4.69, 9.17) is 11.6 Å². The van der Waals surface area contributed by atoms with Crippen LogP contribution in [-0.4, -0.2) is 39.1 Å². The van der Waals surface area contributed by atoms with Gasteiger partial charge in [0.15, 0.2) is 0 Å². The molecule has 2 atom stereocenters. The fraction of sp³-hybridized carbons (Fsp3) is 0.429. The van der Waals surface area contributed by atoms with E-state index in [9.17, 15) is 19.1 Å². The van der Waals surface area contributed by atoms with Crippen LogP contribution in [0.4, 0.5) is 4.39 Å². The second-order valence-electron chi connectivity index (χ2n) is 5.14. The van der Waals surface area contributed by atoms with E-state index in [0.717, 1.165) is 6.07 Å². The van der Waals surface area contributed by atoms with Crippen molar-refractivity contribution in [3.8, 4) is 0 Å². The highest BCUT2D eigenvalue weighted by molar-refractivity contribution is 8.00. The molecule has 1 N–H and O–H groups in total. The first-order valence-electron chi connectivity index (χ1n) is 6.45. The van der Waals surface area contributed by atoms with Crippen molar-refractivity contribution in [2.75, 3.05) is 5.75 Å². The van der Waals surface area contributed by atoms with Crippen molar-refractivity contribution in [2.45, 2.75) is 25.3 Å². The fourth-order valence-corrected chi connectivity index (χ4v) is 3.97. The molecule has 0 spiro atoms. The predicted molar refractivity (Wildman–Crippen MR) is 80.1 cm³/mol. The first kappa shape index (κ1) is 16.1. The number of carboxylic acid groups (broad SMARTS) is 1. The molecule has 0 bridgehead atoms. The first-order valence-corrected chi connectivity index (χ1v) is 7.88. The summed E-state index contributed by atoms with van der Waals surface area (Å²) >= 11 is 7.26. The number of amides is 1. The third-order valence-corrected chi connectivity index (χ3v) is 5.31. The van der Waals surface area contributed by atoms with E-state index in [1.807, 2.05) is 13.8 Å². The molecule has 114 valence electrons. The zero-order valence-electron chi connectivity index (χ0n) is 11.5. The molecule has 2 unspecified atom stereocenters. The van der Waals surface area contributed by atoms with Crippen molar-refractivity contribution >= 4 is 35.2 Å². The Morgan fingerprint density at radius 3 is 2.71 bits per heavy atom. The Kier molecular flexibility index (Phi) is 4.78. The molecule has 1 fully saturated rings. The van der Waals surface area contributed by atoms with E-state index in [1.54, 1.807) is 0 Å². The summed E-state index contributed by atoms with van der Waals surface area (Å²) in [6, 6.07) is 3.03. The number of hydrogen-bond acceptors (Lipinski definition) is 3. The number of thioether (sulfide) groups is 1. The van der Waals surface area contributed by atoms with Crippen LogP contribution in [0.5, 0.6) is 0 Å². The fourth-order valence-electron chi connectivity index (χ4n) is 2.30. The third-order valence-electron chi connectivity index (χ3n) is 3.31. The van der Waals surface area contributed by atoms with Gasteiger partial charge in [0.2, 0.25) is 0 Å². The molecular weight excluding hydrogens is 317 g/mol. The van der Waals surface area contributed by atoms with Crippen LogP contribution in [-0.2, 0) is 4.79 Å². The van der Waals surface area contributed by atoms with Gasteiger partial charge in [-0.2, -0.15) is 0 Å². The van der Waals surface area contributed by atoms with Gasteiger partial charge in [0.05, 0.1) is 16.0 Å². The highest BCUT2D eigenvalue weighted by Crippen LogP contribution is 2.36. The summed E-state index contributed by atoms with van der Waals surface area (Å²) in [4.78, 5) is 25.3. The average molecular weight is 332 g/mol. The van der Waals surface area contributed by atoms with Gasteiger partial charge >= 0.3 is 5.97 Å². The Morgan fingerprint density at radius 1 is 1.48 bits per heavy atom. The van der Waals surface area contributed by atoms with Crippen LogP contribution in [0.1, 0.15) is 24.2 Å². The number of benzene rings is 1. The smallest absolute Gasteiger partial charge is 0.327 e. The molecule has 0 radical (unpaired) electrons. The third kappa shape index (κ3) is 3.01. The normalized spacial score (nSPS) is 21.9. The SMILES string of the molecule is CC(C)C1SCC(C(=O)O)N1C(=O)c1cccc(F)c1Cl. The maximum atomic E-state index is 13.5. The van der Waals surface area contributed by atoms with Crippen molar-refractivity contribution in [3.63, 3.8) is 0 Å². The summed E-state index contributed by atoms with van der Waals surface area (Å²) < 4.78 is 13.5. The molecular formula is C14H15ClFNO3S. The predicted octanol–water partition coefficient (Wildman–Crippen LogP) is 3.10. The van der Waals surface area contributed by atoms with E-state index in [0.29, 0.717) is 5.75 Å². The number of carbonyl (C=O) groups is 2. The zero-order chi connectivity index (χ0) is 15.7. The van der Waals surface area contributed by atoms with Crippen LogP contribution < -0.4 is 0 Å². The zero-order valence-corrected chi connectivity index (χ0v) is 13.1. The van der Waals surface area contributed by atoms with E-state index in [-0.39, 0.29) is 21.9 Å². The molecule has 1 aromatic rings. The number of hydrogen-bond donors (Lipinski definition) is 1. The van der Waals surface area contributed by atoms with Crippen molar-refractivity contribution in [1.29, 1.82) is 0 Å². The summed E-state index contributed by atoms with van der Waals surface area (Å²) in [6.45, 7) is 3.82. The Balaban J connectivity index is 2.42. The molecule has 0 aliphatic carbocycles. The number of carboxylic acids is 1. The molecule has 1 aliphatic heterocycles. The molecule has 1 aromatic carbocycles. The van der Waals surface area contributed by atoms with Crippen LogP contribution in [0.2, 0.25) is 5.02 Å². The number of aliphatic carboxylic acids is 1. The molecule has 0 saturated carbocycles. The maximum absolute atomic E-state index is 13.5. The lowest BCUT2D eigenvalue weighted by Crippen LogP contribution is -2.47. The lowest BCUT2D eigenvalue weighted by atomic mass is 10.1. The van der Waals surface area contributed by atoms with Crippen LogP contribution in [0.3, 0.4) is 0 Å². The molecule has 1 aliphatic rings. The van der Waals surface area contributed by atoms with Gasteiger partial charge in [0.1, 0.15) is 11.9 Å². The highest BCUT2D eigenvalue weighted by Gasteiger charge is 2.43. The summed E-state index contributed by atoms with van der Waals surface area (Å²) in [6.07, 6.45) is 0. The Morgan fingerprint density at radius 2 is 2.14 bits per heavy atom. The molecule has 0 aromatic heterocycles. The summed E-state index contributed by atoms with van der Waals surface area (Å²) in [5.74, 6) is -1.91. The molecule has 21 heavy (non-hydrogen) atoms. The average Bonchev–Trinajstić information content (AvgIpc) is 2.86. The Hall–Kier alpha value is -1.27.